The highest BCUT2D eigenvalue weighted by atomic mass is 16.7. The summed E-state index contributed by atoms with van der Waals surface area (Å²) in [4.78, 5) is 37.9. The minimum atomic E-state index is -0.651. The fourth-order valence-electron chi connectivity index (χ4n) is 4.33. The summed E-state index contributed by atoms with van der Waals surface area (Å²) >= 11 is 0. The van der Waals surface area contributed by atoms with E-state index < -0.39 is 36.1 Å². The number of piperidine rings is 1. The number of anilines is 1. The van der Waals surface area contributed by atoms with Gasteiger partial charge in [-0.3, -0.25) is 4.79 Å². The van der Waals surface area contributed by atoms with Gasteiger partial charge in [0.25, 0.3) is 0 Å². The quantitative estimate of drug-likeness (QED) is 0.590. The highest BCUT2D eigenvalue weighted by Gasteiger charge is 2.52. The van der Waals surface area contributed by atoms with Crippen molar-refractivity contribution in [3.8, 4) is 0 Å². The van der Waals surface area contributed by atoms with Crippen LogP contribution >= 0.6 is 0 Å². The first-order chi connectivity index (χ1) is 16.6. The van der Waals surface area contributed by atoms with Crippen LogP contribution in [0.2, 0.25) is 0 Å². The maximum Gasteiger partial charge on any atom is 0.498 e. The molecule has 2 fully saturated rings. The van der Waals surface area contributed by atoms with Gasteiger partial charge in [0.1, 0.15) is 11.6 Å². The third-order valence-electron chi connectivity index (χ3n) is 6.99. The molecule has 1 aromatic heterocycles. The molecule has 0 aliphatic carbocycles. The van der Waals surface area contributed by atoms with Crippen molar-refractivity contribution in [3.05, 3.63) is 12.4 Å². The molecule has 3 rings (SSSR count). The molecule has 3 heterocycles. The molecule has 0 saturated carbocycles. The largest absolute Gasteiger partial charge is 0.498 e. The van der Waals surface area contributed by atoms with E-state index in [1.807, 2.05) is 44.5 Å². The van der Waals surface area contributed by atoms with Crippen LogP contribution < -0.4 is 15.7 Å². The predicted molar refractivity (Wildman–Crippen MR) is 139 cm³/mol. The van der Waals surface area contributed by atoms with Crippen molar-refractivity contribution in [2.75, 3.05) is 31.6 Å². The first kappa shape index (κ1) is 28.2. The summed E-state index contributed by atoms with van der Waals surface area (Å²) in [5, 5.41) is 2.65. The topological polar surface area (TPSA) is 106 Å². The molecule has 2 atom stereocenters. The van der Waals surface area contributed by atoms with Crippen LogP contribution in [0.1, 0.15) is 68.2 Å². The number of likely N-dealkylation sites (tertiary alicyclic amines) is 1. The molecule has 11 heteroatoms. The molecule has 0 spiro atoms. The molecule has 0 radical (unpaired) electrons. The normalized spacial score (nSPS) is 22.2. The smallest absolute Gasteiger partial charge is 0.444 e. The third kappa shape index (κ3) is 6.88. The van der Waals surface area contributed by atoms with Gasteiger partial charge in [-0.15, -0.1) is 0 Å². The summed E-state index contributed by atoms with van der Waals surface area (Å²) in [6.07, 6.45) is 4.83. The van der Waals surface area contributed by atoms with Gasteiger partial charge in [-0.05, 0) is 74.1 Å². The maximum absolute atomic E-state index is 12.9. The van der Waals surface area contributed by atoms with Gasteiger partial charge in [0, 0.05) is 44.5 Å². The first-order valence-electron chi connectivity index (χ1n) is 12.7. The molecule has 1 aromatic rings. The number of nitrogens with one attached hydrogen (secondary N) is 1. The Hall–Kier alpha value is -2.40. The van der Waals surface area contributed by atoms with Gasteiger partial charge >= 0.3 is 13.2 Å². The van der Waals surface area contributed by atoms with E-state index in [0.29, 0.717) is 25.6 Å². The summed E-state index contributed by atoms with van der Waals surface area (Å²) in [6, 6.07) is -0.651. The number of nitrogens with zero attached hydrogens (tertiary/aromatic N) is 4. The fourth-order valence-corrected chi connectivity index (χ4v) is 4.33. The Labute approximate surface area is 215 Å². The van der Waals surface area contributed by atoms with Gasteiger partial charge < -0.3 is 29.2 Å². The van der Waals surface area contributed by atoms with Crippen molar-refractivity contribution < 1.29 is 23.6 Å². The van der Waals surface area contributed by atoms with Crippen molar-refractivity contribution in [1.29, 1.82) is 0 Å². The fraction of sp³-hybridized carbons (Fsp3) is 0.760. The van der Waals surface area contributed by atoms with E-state index in [4.69, 9.17) is 14.0 Å². The minimum absolute atomic E-state index is 0.101. The number of carbonyl (C=O) groups is 2. The summed E-state index contributed by atoms with van der Waals surface area (Å²) in [5.41, 5.74) is -0.667. The average molecular weight is 503 g/mol. The Morgan fingerprint density at radius 1 is 1.22 bits per heavy atom. The number of amides is 2. The molecule has 1 N–H and O–H groups in total. The van der Waals surface area contributed by atoms with Gasteiger partial charge in [0.05, 0.1) is 11.2 Å². The van der Waals surface area contributed by atoms with E-state index in [1.54, 1.807) is 40.1 Å². The zero-order valence-corrected chi connectivity index (χ0v) is 23.3. The SMILES string of the molecule is C[C@H](NC(=O)OC(C)(C)C)C(=O)N1CCC[C@@H](CN(C)c2ncc(B3OC(C)(C)C(C)(C)O3)cn2)C1. The minimum Gasteiger partial charge on any atom is -0.444 e. The van der Waals surface area contributed by atoms with Crippen LogP contribution in [0.15, 0.2) is 12.4 Å². The molecule has 10 nitrogen and oxygen atoms in total. The summed E-state index contributed by atoms with van der Waals surface area (Å²) in [7, 11) is 1.46. The lowest BCUT2D eigenvalue weighted by Gasteiger charge is -2.36. The number of aromatic nitrogens is 2. The van der Waals surface area contributed by atoms with E-state index in [1.165, 1.54) is 0 Å². The van der Waals surface area contributed by atoms with Crippen LogP contribution in [0.5, 0.6) is 0 Å². The Balaban J connectivity index is 1.53. The highest BCUT2D eigenvalue weighted by Crippen LogP contribution is 2.36. The van der Waals surface area contributed by atoms with Crippen LogP contribution in [0.4, 0.5) is 10.7 Å². The second-order valence-corrected chi connectivity index (χ2v) is 11.9. The second-order valence-electron chi connectivity index (χ2n) is 11.9. The van der Waals surface area contributed by atoms with E-state index in [9.17, 15) is 9.59 Å². The molecule has 2 aliphatic heterocycles. The van der Waals surface area contributed by atoms with E-state index >= 15 is 0 Å². The molecular formula is C25H42BN5O5. The van der Waals surface area contributed by atoms with Gasteiger partial charge in [-0.1, -0.05) is 0 Å². The number of hydrogen-bond donors (Lipinski definition) is 1. The molecule has 0 bridgehead atoms. The Morgan fingerprint density at radius 2 is 1.81 bits per heavy atom. The van der Waals surface area contributed by atoms with Crippen LogP contribution in [-0.4, -0.2) is 83.5 Å². The van der Waals surface area contributed by atoms with Crippen LogP contribution in [0, 0.1) is 5.92 Å². The number of carbonyl (C=O) groups excluding carboxylic acids is 2. The summed E-state index contributed by atoms with van der Waals surface area (Å²) < 4.78 is 17.4. The Bertz CT molecular complexity index is 918. The second kappa shape index (κ2) is 10.5. The molecule has 2 saturated heterocycles. The molecule has 0 aromatic carbocycles. The standard InChI is InChI=1S/C25H42BN5O5/c1-17(29-22(33)34-23(2,3)4)20(32)31-12-10-11-18(16-31)15-30(9)21-27-13-19(14-28-21)26-35-24(5,6)25(7,8)36-26/h13-14,17-18H,10-12,15-16H2,1-9H3,(H,29,33)/t17-,18-/m0/s1. The van der Waals surface area contributed by atoms with E-state index in [0.717, 1.165) is 18.3 Å². The van der Waals surface area contributed by atoms with Gasteiger partial charge in [0.2, 0.25) is 11.9 Å². The number of alkyl carbamates (subject to hydrolysis) is 1. The van der Waals surface area contributed by atoms with Crippen molar-refractivity contribution in [3.63, 3.8) is 0 Å². The van der Waals surface area contributed by atoms with Crippen LogP contribution in [0.25, 0.3) is 0 Å². The zero-order chi connectivity index (χ0) is 26.9. The van der Waals surface area contributed by atoms with Crippen molar-refractivity contribution in [2.24, 2.45) is 5.92 Å². The molecule has 36 heavy (non-hydrogen) atoms. The van der Waals surface area contributed by atoms with Gasteiger partial charge in [-0.2, -0.15) is 0 Å². The summed E-state index contributed by atoms with van der Waals surface area (Å²) in [5.74, 6) is 0.780. The van der Waals surface area contributed by atoms with Gasteiger partial charge in [-0.25, -0.2) is 14.8 Å². The predicted octanol–water partition coefficient (Wildman–Crippen LogP) is 2.36. The lowest BCUT2D eigenvalue weighted by atomic mass is 9.81. The number of rotatable bonds is 6. The maximum atomic E-state index is 12.9. The van der Waals surface area contributed by atoms with Crippen molar-refractivity contribution in [1.82, 2.24) is 20.2 Å². The van der Waals surface area contributed by atoms with Crippen molar-refractivity contribution >= 4 is 30.5 Å². The van der Waals surface area contributed by atoms with Crippen LogP contribution in [0.3, 0.4) is 0 Å². The molecule has 0 unspecified atom stereocenters. The third-order valence-corrected chi connectivity index (χ3v) is 6.99. The van der Waals surface area contributed by atoms with Crippen LogP contribution in [-0.2, 0) is 18.8 Å². The molecule has 2 amide bonds. The van der Waals surface area contributed by atoms with E-state index in [-0.39, 0.29) is 11.8 Å². The Kier molecular flexibility index (Phi) is 8.25. The van der Waals surface area contributed by atoms with Crippen molar-refractivity contribution in [2.45, 2.75) is 91.1 Å². The zero-order valence-electron chi connectivity index (χ0n) is 23.3. The molecular weight excluding hydrogens is 461 g/mol. The lowest BCUT2D eigenvalue weighted by molar-refractivity contribution is -0.134. The average Bonchev–Trinajstić information content (AvgIpc) is 2.99. The number of ether oxygens (including phenoxy) is 1. The Morgan fingerprint density at radius 3 is 2.36 bits per heavy atom. The summed E-state index contributed by atoms with van der Waals surface area (Å²) in [6.45, 7) is 17.1. The molecule has 200 valence electrons. The first-order valence-corrected chi connectivity index (χ1v) is 12.7. The highest BCUT2D eigenvalue weighted by molar-refractivity contribution is 6.61. The monoisotopic (exact) mass is 503 g/mol. The number of hydrogen-bond acceptors (Lipinski definition) is 8. The van der Waals surface area contributed by atoms with Gasteiger partial charge in [0.15, 0.2) is 0 Å². The molecule has 2 aliphatic rings. The lowest BCUT2D eigenvalue weighted by Crippen LogP contribution is -2.51. The van der Waals surface area contributed by atoms with E-state index in [2.05, 4.69) is 15.3 Å².